The van der Waals surface area contributed by atoms with E-state index in [1.165, 1.54) is 80.5 Å². The maximum absolute atomic E-state index is 5.05. The van der Waals surface area contributed by atoms with Crippen LogP contribution >= 0.6 is 0 Å². The molecule has 1 saturated heterocycles. The van der Waals surface area contributed by atoms with Crippen molar-refractivity contribution in [3.63, 3.8) is 0 Å². The Morgan fingerprint density at radius 3 is 2.45 bits per heavy atom. The normalized spacial score (nSPS) is 23.7. The summed E-state index contributed by atoms with van der Waals surface area (Å²) in [6.07, 6.45) is 24.6. The molecule has 0 aromatic heterocycles. The van der Waals surface area contributed by atoms with Crippen LogP contribution in [0.15, 0.2) is 92.5 Å². The first-order valence-corrected chi connectivity index (χ1v) is 17.4. The van der Waals surface area contributed by atoms with Gasteiger partial charge in [-0.3, -0.25) is 14.8 Å². The van der Waals surface area contributed by atoms with Crippen molar-refractivity contribution in [2.75, 3.05) is 26.7 Å². The molecule has 2 unspecified atom stereocenters. The highest BCUT2D eigenvalue weighted by Gasteiger charge is 2.36. The van der Waals surface area contributed by atoms with Crippen molar-refractivity contribution in [2.45, 2.75) is 118 Å². The molecule has 5 rings (SSSR count). The summed E-state index contributed by atoms with van der Waals surface area (Å²) >= 11 is 0. The van der Waals surface area contributed by atoms with Gasteiger partial charge < -0.3 is 4.90 Å². The number of fused-ring (bicyclic) bond motifs is 1. The minimum atomic E-state index is 0.610. The van der Waals surface area contributed by atoms with E-state index in [0.29, 0.717) is 6.04 Å². The number of hydrogen-bond acceptors (Lipinski definition) is 5. The molecule has 3 aliphatic heterocycles. The third-order valence-corrected chi connectivity index (χ3v) is 10.0. The van der Waals surface area contributed by atoms with Gasteiger partial charge in [0.1, 0.15) is 5.84 Å². The van der Waals surface area contributed by atoms with E-state index in [1.807, 2.05) is 7.05 Å². The maximum Gasteiger partial charge on any atom is 0.137 e. The van der Waals surface area contributed by atoms with E-state index >= 15 is 0 Å². The van der Waals surface area contributed by atoms with Crippen LogP contribution in [0.3, 0.4) is 0 Å². The van der Waals surface area contributed by atoms with E-state index in [1.54, 1.807) is 5.57 Å². The minimum Gasteiger partial charge on any atom is -0.367 e. The second-order valence-corrected chi connectivity index (χ2v) is 13.3. The number of piperazine rings is 1. The number of allylic oxidation sites excluding steroid dienone is 8. The van der Waals surface area contributed by atoms with E-state index < -0.39 is 0 Å². The maximum atomic E-state index is 5.05. The molecule has 0 radical (unpaired) electrons. The highest BCUT2D eigenvalue weighted by molar-refractivity contribution is 6.12. The van der Waals surface area contributed by atoms with Crippen LogP contribution in [0.1, 0.15) is 106 Å². The summed E-state index contributed by atoms with van der Waals surface area (Å²) in [5, 5.41) is 0. The van der Waals surface area contributed by atoms with Gasteiger partial charge in [-0.05, 0) is 114 Å². The molecule has 2 aliphatic carbocycles. The average Bonchev–Trinajstić information content (AvgIpc) is 3.86. The first-order chi connectivity index (χ1) is 21.2. The molecule has 240 valence electrons. The van der Waals surface area contributed by atoms with E-state index in [4.69, 9.17) is 4.99 Å². The van der Waals surface area contributed by atoms with Gasteiger partial charge in [0.15, 0.2) is 0 Å². The number of aliphatic imine (C=N–C) groups is 2. The lowest BCUT2D eigenvalue weighted by Gasteiger charge is -2.43. The molecule has 3 fully saturated rings. The number of rotatable bonds is 10. The van der Waals surface area contributed by atoms with Crippen LogP contribution in [-0.2, 0) is 0 Å². The highest BCUT2D eigenvalue weighted by atomic mass is 15.3. The zero-order chi connectivity index (χ0) is 31.8. The molecule has 2 saturated carbocycles. The zero-order valence-corrected chi connectivity index (χ0v) is 29.1. The quantitative estimate of drug-likeness (QED) is 0.143. The number of unbranched alkanes of at least 4 members (excludes halogenated alkanes) is 1. The van der Waals surface area contributed by atoms with E-state index in [-0.39, 0.29) is 0 Å². The Morgan fingerprint density at radius 1 is 1.14 bits per heavy atom. The molecule has 44 heavy (non-hydrogen) atoms. The fourth-order valence-corrected chi connectivity index (χ4v) is 6.21. The second-order valence-electron chi connectivity index (χ2n) is 13.3. The molecule has 0 spiro atoms. The van der Waals surface area contributed by atoms with Gasteiger partial charge in [-0.15, -0.1) is 0 Å². The van der Waals surface area contributed by atoms with Crippen molar-refractivity contribution in [3.8, 4) is 0 Å². The van der Waals surface area contributed by atoms with Gasteiger partial charge in [0.05, 0.1) is 17.1 Å². The molecular formula is C39H59N5. The SMILES string of the molecule is C=C(CC)/C(C)=C/C(=NC)C1=CC(=C2CCC2)N2C=C(N3CCN(C4CC4)C(C)C3)C=CC2=N1.CCC/C=C(/C)C(C)CC. The fraction of sp³-hybridized carbons (Fsp3) is 0.590. The summed E-state index contributed by atoms with van der Waals surface area (Å²) in [6, 6.07) is 1.45. The van der Waals surface area contributed by atoms with Gasteiger partial charge in [-0.25, -0.2) is 4.99 Å². The zero-order valence-electron chi connectivity index (χ0n) is 29.1. The summed E-state index contributed by atoms with van der Waals surface area (Å²) in [6.45, 7) is 23.2. The lowest BCUT2D eigenvalue weighted by Crippen LogP contribution is -2.52. The predicted octanol–water partition coefficient (Wildman–Crippen LogP) is 9.36. The smallest absolute Gasteiger partial charge is 0.137 e. The van der Waals surface area contributed by atoms with Gasteiger partial charge in [0.2, 0.25) is 0 Å². The molecule has 2 atom stereocenters. The molecule has 0 amide bonds. The lowest BCUT2D eigenvalue weighted by molar-refractivity contribution is 0.0988. The monoisotopic (exact) mass is 597 g/mol. The van der Waals surface area contributed by atoms with E-state index in [2.05, 4.69) is 111 Å². The van der Waals surface area contributed by atoms with Crippen LogP contribution in [0.4, 0.5) is 0 Å². The summed E-state index contributed by atoms with van der Waals surface area (Å²) in [5.74, 6) is 1.77. The van der Waals surface area contributed by atoms with Crippen molar-refractivity contribution in [3.05, 3.63) is 82.5 Å². The first kappa shape index (κ1) is 34.0. The van der Waals surface area contributed by atoms with Crippen LogP contribution in [0.2, 0.25) is 0 Å². The van der Waals surface area contributed by atoms with E-state index in [9.17, 15) is 0 Å². The first-order valence-electron chi connectivity index (χ1n) is 17.4. The lowest BCUT2D eigenvalue weighted by atomic mass is 9.89. The summed E-state index contributed by atoms with van der Waals surface area (Å²) in [4.78, 5) is 17.2. The van der Waals surface area contributed by atoms with Crippen LogP contribution in [-0.4, -0.2) is 65.0 Å². The minimum absolute atomic E-state index is 0.610. The standard InChI is InChI=1S/C29H39N5.C10H20/c1-6-20(2)21(3)16-26(30-5)27-17-28(23-8-7-9-23)34-19-25(12-13-29(34)31-27)32-14-15-33(22(4)18-32)24-10-11-24;1-5-7-8-10(4)9(3)6-2/h12-13,16-17,19,22,24H,2,6-11,14-15,18H2,1,3-5H3;8-9H,5-7H2,1-4H3/b21-16+,30-26?;10-8-. The van der Waals surface area contributed by atoms with Crippen molar-refractivity contribution in [1.82, 2.24) is 14.7 Å². The van der Waals surface area contributed by atoms with Crippen molar-refractivity contribution < 1.29 is 0 Å². The van der Waals surface area contributed by atoms with Gasteiger partial charge in [-0.2, -0.15) is 0 Å². The molecule has 5 nitrogen and oxygen atoms in total. The molecule has 0 bridgehead atoms. The van der Waals surface area contributed by atoms with Crippen LogP contribution in [0.5, 0.6) is 0 Å². The van der Waals surface area contributed by atoms with Gasteiger partial charge in [0, 0.05) is 50.7 Å². The number of amidine groups is 1. The second kappa shape index (κ2) is 15.9. The van der Waals surface area contributed by atoms with Crippen LogP contribution in [0, 0.1) is 5.92 Å². The number of nitrogens with zero attached hydrogens (tertiary/aromatic N) is 5. The molecule has 3 heterocycles. The van der Waals surface area contributed by atoms with Crippen molar-refractivity contribution >= 4 is 11.5 Å². The van der Waals surface area contributed by atoms with Crippen LogP contribution in [0.25, 0.3) is 0 Å². The van der Waals surface area contributed by atoms with Gasteiger partial charge in [-0.1, -0.05) is 57.9 Å². The van der Waals surface area contributed by atoms with Gasteiger partial charge >= 0.3 is 0 Å². The Kier molecular flexibility index (Phi) is 12.3. The average molecular weight is 598 g/mol. The summed E-state index contributed by atoms with van der Waals surface area (Å²) < 4.78 is 0. The molecule has 0 aromatic rings. The molecule has 0 aromatic carbocycles. The van der Waals surface area contributed by atoms with Gasteiger partial charge in [0.25, 0.3) is 0 Å². The Labute approximate surface area is 269 Å². The summed E-state index contributed by atoms with van der Waals surface area (Å²) in [7, 11) is 1.86. The Bertz CT molecular complexity index is 1290. The predicted molar refractivity (Wildman–Crippen MR) is 191 cm³/mol. The Morgan fingerprint density at radius 2 is 1.89 bits per heavy atom. The molecular weight excluding hydrogens is 538 g/mol. The summed E-state index contributed by atoms with van der Waals surface area (Å²) in [5.41, 5.74) is 9.86. The Hall–Kier alpha value is -2.92. The Balaban J connectivity index is 0.000000382. The van der Waals surface area contributed by atoms with E-state index in [0.717, 1.165) is 54.3 Å². The topological polar surface area (TPSA) is 34.4 Å². The van der Waals surface area contributed by atoms with Crippen LogP contribution < -0.4 is 0 Å². The highest BCUT2D eigenvalue weighted by Crippen LogP contribution is 2.36. The third-order valence-electron chi connectivity index (χ3n) is 10.0. The van der Waals surface area contributed by atoms with Crippen molar-refractivity contribution in [1.29, 1.82) is 0 Å². The molecule has 5 aliphatic rings. The number of hydrogen-bond donors (Lipinski definition) is 0. The van der Waals surface area contributed by atoms with Crippen molar-refractivity contribution in [2.24, 2.45) is 15.9 Å². The molecule has 5 heteroatoms. The third kappa shape index (κ3) is 8.41. The fourth-order valence-electron chi connectivity index (χ4n) is 6.21. The largest absolute Gasteiger partial charge is 0.367 e. The molecule has 0 N–H and O–H groups in total.